The summed E-state index contributed by atoms with van der Waals surface area (Å²) in [5.41, 5.74) is 13.4. The molecule has 2 saturated heterocycles. The minimum atomic E-state index is -2.01. The largest absolute Gasteiger partial charge is 0.457 e. The molecule has 0 bridgehead atoms. The van der Waals surface area contributed by atoms with Gasteiger partial charge >= 0.3 is 11.9 Å². The van der Waals surface area contributed by atoms with Crippen LogP contribution in [-0.4, -0.2) is 161 Å². The number of amidine groups is 1. The first-order valence-electron chi connectivity index (χ1n) is 22.9. The Bertz CT molecular complexity index is 2450. The molecular formula is C47H64N10O8. The maximum absolute atomic E-state index is 14.8. The molecule has 0 spiro atoms. The van der Waals surface area contributed by atoms with Crippen LogP contribution in [0.2, 0.25) is 0 Å². The molecule has 3 amide bonds. The van der Waals surface area contributed by atoms with Gasteiger partial charge in [-0.3, -0.25) is 34.0 Å². The number of hydrogen-bond acceptors (Lipinski definition) is 14. The molecule has 18 nitrogen and oxygen atoms in total. The Hall–Kier alpha value is -5.56. The molecule has 1 aromatic carbocycles. The number of aliphatic imine (C=N–C) groups is 1. The quantitative estimate of drug-likeness (QED) is 0.135. The first-order valence-corrected chi connectivity index (χ1v) is 22.9. The molecule has 18 heteroatoms. The van der Waals surface area contributed by atoms with Gasteiger partial charge in [0, 0.05) is 62.3 Å². The Balaban J connectivity index is 1.23. The van der Waals surface area contributed by atoms with Crippen molar-refractivity contribution in [3.05, 3.63) is 62.9 Å². The normalized spacial score (nSPS) is 21.3. The second-order valence-corrected chi connectivity index (χ2v) is 18.2. The summed E-state index contributed by atoms with van der Waals surface area (Å²) in [6.07, 6.45) is 1.29. The lowest BCUT2D eigenvalue weighted by Crippen LogP contribution is -2.66. The Morgan fingerprint density at radius 3 is 2.35 bits per heavy atom. The molecule has 4 aliphatic heterocycles. The third-order valence-electron chi connectivity index (χ3n) is 13.4. The van der Waals surface area contributed by atoms with E-state index in [4.69, 9.17) is 30.9 Å². The average molecular weight is 897 g/mol. The zero-order valence-electron chi connectivity index (χ0n) is 38.8. The van der Waals surface area contributed by atoms with Crippen LogP contribution >= 0.6 is 0 Å². The van der Waals surface area contributed by atoms with Crippen LogP contribution in [-0.2, 0) is 58.6 Å². The highest BCUT2D eigenvalue weighted by molar-refractivity contribution is 6.11. The van der Waals surface area contributed by atoms with Gasteiger partial charge in [0.05, 0.1) is 48.0 Å². The van der Waals surface area contributed by atoms with Crippen LogP contribution in [0.5, 0.6) is 0 Å². The summed E-state index contributed by atoms with van der Waals surface area (Å²) < 4.78 is 13.7. The Morgan fingerprint density at radius 2 is 1.69 bits per heavy atom. The number of aryl methyl sites for hydroxylation is 1. The molecule has 2 aromatic heterocycles. The van der Waals surface area contributed by atoms with E-state index >= 15 is 0 Å². The number of hydrogen-bond donors (Lipinski definition) is 2. The molecule has 6 heterocycles. The number of pyridine rings is 2. The number of para-hydroxylation sites is 1. The molecule has 3 aromatic rings. The van der Waals surface area contributed by atoms with Gasteiger partial charge < -0.3 is 40.2 Å². The molecule has 0 saturated carbocycles. The number of nitrogens with two attached hydrogens (primary N) is 2. The van der Waals surface area contributed by atoms with Crippen molar-refractivity contribution in [2.45, 2.75) is 96.7 Å². The van der Waals surface area contributed by atoms with Crippen molar-refractivity contribution in [2.75, 3.05) is 73.5 Å². The average Bonchev–Trinajstić information content (AvgIpc) is 3.91. The van der Waals surface area contributed by atoms with E-state index in [1.165, 1.54) is 4.90 Å². The van der Waals surface area contributed by atoms with Crippen LogP contribution in [0, 0.1) is 5.92 Å². The van der Waals surface area contributed by atoms with Crippen LogP contribution in [0.25, 0.3) is 22.3 Å². The number of primary amides is 1. The minimum Gasteiger partial charge on any atom is -0.457 e. The van der Waals surface area contributed by atoms with Gasteiger partial charge in [0.25, 0.3) is 5.56 Å². The molecule has 4 N–H and O–H groups in total. The fourth-order valence-electron chi connectivity index (χ4n) is 9.78. The fourth-order valence-corrected chi connectivity index (χ4v) is 9.78. The number of fused-ring (bicyclic) bond motifs is 6. The van der Waals surface area contributed by atoms with Crippen LogP contribution in [0.3, 0.4) is 0 Å². The first-order chi connectivity index (χ1) is 31.0. The summed E-state index contributed by atoms with van der Waals surface area (Å²) in [5.74, 6) is -3.73. The van der Waals surface area contributed by atoms with E-state index in [1.54, 1.807) is 43.4 Å². The van der Waals surface area contributed by atoms with E-state index in [9.17, 15) is 28.8 Å². The van der Waals surface area contributed by atoms with Crippen molar-refractivity contribution in [1.82, 2.24) is 34.1 Å². The minimum absolute atomic E-state index is 0.0603. The number of aromatic nitrogens is 2. The van der Waals surface area contributed by atoms with E-state index in [1.807, 2.05) is 43.3 Å². The maximum Gasteiger partial charge on any atom is 0.355 e. The van der Waals surface area contributed by atoms with E-state index in [2.05, 4.69) is 16.7 Å². The van der Waals surface area contributed by atoms with Crippen LogP contribution < -0.4 is 17.0 Å². The molecule has 4 aliphatic rings. The van der Waals surface area contributed by atoms with Crippen molar-refractivity contribution in [1.29, 1.82) is 0 Å². The lowest BCUT2D eigenvalue weighted by atomic mass is 9.85. The highest BCUT2D eigenvalue weighted by Crippen LogP contribution is 2.43. The molecule has 0 unspecified atom stereocenters. The van der Waals surface area contributed by atoms with Crippen molar-refractivity contribution < 1.29 is 33.4 Å². The van der Waals surface area contributed by atoms with Crippen molar-refractivity contribution in [3.8, 4) is 11.4 Å². The molecule has 2 fully saturated rings. The standard InChI is InChI=1S/C47H64N10O8/c1-8-29-30-13-10-11-14-34(30)50-41-31(29)25-56-36(41)23-33-32(43(56)60)27-64-46(63)47(33,9-2)65-45(62)40(28(3)4)51-42-35-15-12-17-55(35)44(61)37(24-38(49)58)57(42)39(59)26-54(7)22-21-53(6)20-19-52(5)18-16-48/h10-11,13-14,23,28,35,37,40H,8-9,12,15-22,24-27,48H2,1-7H3,(H2,49,58)/t35-,37-,40-,47-/m0/s1. The van der Waals surface area contributed by atoms with Gasteiger partial charge in [0.1, 0.15) is 18.5 Å². The lowest BCUT2D eigenvalue weighted by molar-refractivity contribution is -0.190. The van der Waals surface area contributed by atoms with Gasteiger partial charge in [-0.1, -0.05) is 45.9 Å². The lowest BCUT2D eigenvalue weighted by Gasteiger charge is -2.44. The summed E-state index contributed by atoms with van der Waals surface area (Å²) >= 11 is 0. The van der Waals surface area contributed by atoms with Crippen LogP contribution in [0.4, 0.5) is 0 Å². The van der Waals surface area contributed by atoms with E-state index in [-0.39, 0.29) is 42.1 Å². The molecule has 350 valence electrons. The molecular weight excluding hydrogens is 833 g/mol. The predicted octanol–water partition coefficient (Wildman–Crippen LogP) is 1.45. The van der Waals surface area contributed by atoms with Gasteiger partial charge in [-0.15, -0.1) is 0 Å². The number of carbonyl (C=O) groups excluding carboxylic acids is 5. The number of piperazine rings is 1. The summed E-state index contributed by atoms with van der Waals surface area (Å²) in [5, 5.41) is 1.01. The zero-order valence-corrected chi connectivity index (χ0v) is 38.8. The van der Waals surface area contributed by atoms with Crippen molar-refractivity contribution in [2.24, 2.45) is 22.4 Å². The molecule has 4 atom stereocenters. The van der Waals surface area contributed by atoms with Crippen LogP contribution in [0.1, 0.15) is 75.6 Å². The Kier molecular flexibility index (Phi) is 14.2. The second kappa shape index (κ2) is 19.5. The van der Waals surface area contributed by atoms with E-state index in [0.717, 1.165) is 41.7 Å². The SMILES string of the molecule is CCc1c2c(nc3ccccc13)-c1cc3c(c(=O)n1C2)COC(=O)[C@@]3(CC)OC(=O)[C@@H](N=C1[C@@H]2CCCN2C(=O)[C@H](CC(N)=O)N1C(=O)CN(C)CCN(C)CCN(C)CCN)C(C)C. The maximum atomic E-state index is 14.8. The number of amides is 3. The highest BCUT2D eigenvalue weighted by atomic mass is 16.6. The number of cyclic esters (lactones) is 1. The smallest absolute Gasteiger partial charge is 0.355 e. The number of esters is 2. The van der Waals surface area contributed by atoms with Gasteiger partial charge in [0.15, 0.2) is 6.04 Å². The van der Waals surface area contributed by atoms with Crippen LogP contribution in [0.15, 0.2) is 40.1 Å². The molecule has 7 rings (SSSR count). The zero-order chi connectivity index (χ0) is 46.9. The van der Waals surface area contributed by atoms with Gasteiger partial charge in [0.2, 0.25) is 23.3 Å². The number of likely N-dealkylation sites (N-methyl/N-ethyl adjacent to an activating group) is 3. The van der Waals surface area contributed by atoms with E-state index < -0.39 is 65.7 Å². The number of carbonyl (C=O) groups is 5. The number of ether oxygens (including phenoxy) is 2. The first kappa shape index (κ1) is 47.4. The number of rotatable bonds is 18. The van der Waals surface area contributed by atoms with E-state index in [0.29, 0.717) is 63.4 Å². The Labute approximate surface area is 379 Å². The van der Waals surface area contributed by atoms with Gasteiger partial charge in [-0.25, -0.2) is 14.6 Å². The summed E-state index contributed by atoms with van der Waals surface area (Å²) in [4.78, 5) is 104. The molecule has 0 radical (unpaired) electrons. The number of nitrogens with zero attached hydrogens (tertiary/aromatic N) is 8. The second-order valence-electron chi connectivity index (χ2n) is 18.2. The summed E-state index contributed by atoms with van der Waals surface area (Å²) in [6, 6.07) is 6.35. The van der Waals surface area contributed by atoms with Crippen molar-refractivity contribution >= 4 is 46.4 Å². The fraction of sp³-hybridized carbons (Fsp3) is 0.574. The number of benzene rings is 1. The predicted molar refractivity (Wildman–Crippen MR) is 245 cm³/mol. The Morgan fingerprint density at radius 1 is 1.00 bits per heavy atom. The highest BCUT2D eigenvalue weighted by Gasteiger charge is 2.53. The summed E-state index contributed by atoms with van der Waals surface area (Å²) in [6.45, 7) is 11.7. The monoisotopic (exact) mass is 896 g/mol. The topological polar surface area (TPSA) is 219 Å². The molecule has 65 heavy (non-hydrogen) atoms. The van der Waals surface area contributed by atoms with Gasteiger partial charge in [-0.05, 0) is 70.4 Å². The van der Waals surface area contributed by atoms with Crippen molar-refractivity contribution in [3.63, 3.8) is 0 Å². The third-order valence-corrected chi connectivity index (χ3v) is 13.4. The third kappa shape index (κ3) is 9.05. The molecule has 0 aliphatic carbocycles. The van der Waals surface area contributed by atoms with Gasteiger partial charge in [-0.2, -0.15) is 0 Å². The summed E-state index contributed by atoms with van der Waals surface area (Å²) in [7, 11) is 5.82.